The molecule has 2 aromatic carbocycles. The lowest BCUT2D eigenvalue weighted by atomic mass is 10.1. The van der Waals surface area contributed by atoms with Crippen LogP contribution in [0.5, 0.6) is 5.75 Å². The maximum atomic E-state index is 12.7. The van der Waals surface area contributed by atoms with Gasteiger partial charge in [-0.25, -0.2) is 4.79 Å². The summed E-state index contributed by atoms with van der Waals surface area (Å²) in [7, 11) is 1.33. The van der Waals surface area contributed by atoms with Crippen LogP contribution in [0.25, 0.3) is 0 Å². The fourth-order valence-electron chi connectivity index (χ4n) is 3.04. The molecule has 1 atom stereocenters. The molecule has 0 aliphatic carbocycles. The Hall–Kier alpha value is -2.82. The van der Waals surface area contributed by atoms with Crippen molar-refractivity contribution in [1.82, 2.24) is 4.90 Å². The van der Waals surface area contributed by atoms with Crippen LogP contribution in [-0.4, -0.2) is 30.0 Å². The zero-order valence-corrected chi connectivity index (χ0v) is 14.6. The van der Waals surface area contributed by atoms with Gasteiger partial charge in [-0.2, -0.15) is 0 Å². The Labute approximate surface area is 147 Å². The van der Waals surface area contributed by atoms with Crippen molar-refractivity contribution in [2.24, 2.45) is 0 Å². The fraction of sp³-hybridized carbons (Fsp3) is 0.300. The van der Waals surface area contributed by atoms with Crippen molar-refractivity contribution in [2.45, 2.75) is 32.5 Å². The minimum absolute atomic E-state index is 0.0666. The van der Waals surface area contributed by atoms with E-state index in [0.29, 0.717) is 17.7 Å². The molecule has 0 saturated heterocycles. The number of nitrogens with zero attached hydrogens (tertiary/aromatic N) is 1. The molecule has 1 aliphatic heterocycles. The van der Waals surface area contributed by atoms with E-state index in [9.17, 15) is 9.59 Å². The van der Waals surface area contributed by atoms with Gasteiger partial charge in [0.15, 0.2) is 6.04 Å². The van der Waals surface area contributed by atoms with Crippen LogP contribution < -0.4 is 4.74 Å². The highest BCUT2D eigenvalue weighted by atomic mass is 16.5. The van der Waals surface area contributed by atoms with Gasteiger partial charge in [-0.1, -0.05) is 30.3 Å². The third-order valence-corrected chi connectivity index (χ3v) is 4.15. The van der Waals surface area contributed by atoms with Gasteiger partial charge in [0, 0.05) is 12.1 Å². The lowest BCUT2D eigenvalue weighted by Crippen LogP contribution is -2.35. The summed E-state index contributed by atoms with van der Waals surface area (Å²) in [5.41, 5.74) is 2.25. The van der Waals surface area contributed by atoms with E-state index >= 15 is 0 Å². The summed E-state index contributed by atoms with van der Waals surface area (Å²) in [6.07, 6.45) is 0.0666. The first-order valence-electron chi connectivity index (χ1n) is 8.24. The van der Waals surface area contributed by atoms with Crippen LogP contribution in [0.3, 0.4) is 0 Å². The van der Waals surface area contributed by atoms with Crippen molar-refractivity contribution in [3.05, 3.63) is 65.2 Å². The van der Waals surface area contributed by atoms with E-state index < -0.39 is 12.0 Å². The molecule has 0 fully saturated rings. The van der Waals surface area contributed by atoms with Gasteiger partial charge in [0.25, 0.3) is 5.91 Å². The van der Waals surface area contributed by atoms with Gasteiger partial charge in [0.05, 0.1) is 13.2 Å². The van der Waals surface area contributed by atoms with Crippen molar-refractivity contribution in [2.75, 3.05) is 7.11 Å². The first kappa shape index (κ1) is 17.0. The van der Waals surface area contributed by atoms with Gasteiger partial charge in [-0.15, -0.1) is 0 Å². The standard InChI is InChI=1S/C20H21NO4/c1-13(2)25-16-10-8-14(9-11-16)18(20(23)24-3)21-12-15-6-4-5-7-17(15)19(21)22/h4-11,13,18H,12H2,1-3H3. The lowest BCUT2D eigenvalue weighted by Gasteiger charge is -2.26. The first-order chi connectivity index (χ1) is 12.0. The van der Waals surface area contributed by atoms with E-state index in [2.05, 4.69) is 0 Å². The summed E-state index contributed by atoms with van der Waals surface area (Å²) in [6.45, 7) is 4.29. The maximum Gasteiger partial charge on any atom is 0.333 e. The predicted molar refractivity (Wildman–Crippen MR) is 93.3 cm³/mol. The van der Waals surface area contributed by atoms with Crippen molar-refractivity contribution in [3.63, 3.8) is 0 Å². The average molecular weight is 339 g/mol. The highest BCUT2D eigenvalue weighted by Crippen LogP contribution is 2.32. The molecule has 3 rings (SSSR count). The summed E-state index contributed by atoms with van der Waals surface area (Å²) in [4.78, 5) is 26.7. The summed E-state index contributed by atoms with van der Waals surface area (Å²) < 4.78 is 10.6. The number of rotatable bonds is 5. The average Bonchev–Trinajstić information content (AvgIpc) is 2.93. The van der Waals surface area contributed by atoms with Crippen molar-refractivity contribution >= 4 is 11.9 Å². The molecule has 5 heteroatoms. The molecule has 1 amide bonds. The molecule has 130 valence electrons. The van der Waals surface area contributed by atoms with Crippen molar-refractivity contribution < 1.29 is 19.1 Å². The van der Waals surface area contributed by atoms with E-state index in [1.165, 1.54) is 7.11 Å². The molecule has 0 radical (unpaired) electrons. The van der Waals surface area contributed by atoms with E-state index in [0.717, 1.165) is 11.3 Å². The first-order valence-corrected chi connectivity index (χ1v) is 8.24. The molecular formula is C20H21NO4. The van der Waals surface area contributed by atoms with Gasteiger partial charge in [0.2, 0.25) is 0 Å². The minimum Gasteiger partial charge on any atom is -0.491 e. The Morgan fingerprint density at radius 3 is 2.36 bits per heavy atom. The van der Waals surface area contributed by atoms with Crippen molar-refractivity contribution in [3.8, 4) is 5.75 Å². The topological polar surface area (TPSA) is 55.8 Å². The second-order valence-electron chi connectivity index (χ2n) is 6.25. The number of fused-ring (bicyclic) bond motifs is 1. The van der Waals surface area contributed by atoms with Gasteiger partial charge in [-0.05, 0) is 43.2 Å². The van der Waals surface area contributed by atoms with Gasteiger partial charge in [-0.3, -0.25) is 4.79 Å². The molecule has 0 aromatic heterocycles. The highest BCUT2D eigenvalue weighted by molar-refractivity contribution is 6.00. The maximum absolute atomic E-state index is 12.7. The van der Waals surface area contributed by atoms with Crippen LogP contribution >= 0.6 is 0 Å². The molecule has 0 saturated carbocycles. The Bertz CT molecular complexity index is 783. The van der Waals surface area contributed by atoms with Crippen molar-refractivity contribution in [1.29, 1.82) is 0 Å². The Kier molecular flexibility index (Phi) is 4.74. The van der Waals surface area contributed by atoms with E-state index in [-0.39, 0.29) is 12.0 Å². The normalized spacial score (nSPS) is 14.4. The second-order valence-corrected chi connectivity index (χ2v) is 6.25. The minimum atomic E-state index is -0.780. The summed E-state index contributed by atoms with van der Waals surface area (Å²) >= 11 is 0. The van der Waals surface area contributed by atoms with Crippen LogP contribution in [0.2, 0.25) is 0 Å². The quantitative estimate of drug-likeness (QED) is 0.784. The highest BCUT2D eigenvalue weighted by Gasteiger charge is 2.37. The van der Waals surface area contributed by atoms with E-state index in [1.54, 1.807) is 35.2 Å². The third kappa shape index (κ3) is 3.36. The zero-order chi connectivity index (χ0) is 18.0. The molecule has 0 N–H and O–H groups in total. The Morgan fingerprint density at radius 1 is 1.08 bits per heavy atom. The summed E-state index contributed by atoms with van der Waals surface area (Å²) in [5, 5.41) is 0. The van der Waals surface area contributed by atoms with Gasteiger partial charge >= 0.3 is 5.97 Å². The number of methoxy groups -OCH3 is 1. The number of hydrogen-bond donors (Lipinski definition) is 0. The second kappa shape index (κ2) is 6.97. The number of benzene rings is 2. The Morgan fingerprint density at radius 2 is 1.76 bits per heavy atom. The fourth-order valence-corrected chi connectivity index (χ4v) is 3.04. The lowest BCUT2D eigenvalue weighted by molar-refractivity contribution is -0.146. The number of esters is 1. The molecule has 1 unspecified atom stereocenters. The van der Waals surface area contributed by atoms with E-state index in [4.69, 9.17) is 9.47 Å². The van der Waals surface area contributed by atoms with Crippen LogP contribution in [-0.2, 0) is 16.1 Å². The number of carbonyl (C=O) groups excluding carboxylic acids is 2. The summed E-state index contributed by atoms with van der Waals surface area (Å²) in [6, 6.07) is 13.8. The molecule has 5 nitrogen and oxygen atoms in total. The smallest absolute Gasteiger partial charge is 0.333 e. The number of ether oxygens (including phenoxy) is 2. The van der Waals surface area contributed by atoms with Crippen LogP contribution in [0.15, 0.2) is 48.5 Å². The number of amides is 1. The SMILES string of the molecule is COC(=O)C(c1ccc(OC(C)C)cc1)N1Cc2ccccc2C1=O. The van der Waals surface area contributed by atoms with E-state index in [1.807, 2.05) is 32.0 Å². The molecule has 2 aromatic rings. The molecule has 25 heavy (non-hydrogen) atoms. The predicted octanol–water partition coefficient (Wildman–Crippen LogP) is 3.34. The molecule has 0 bridgehead atoms. The molecule has 1 aliphatic rings. The van der Waals surface area contributed by atoms with Crippen LogP contribution in [0.4, 0.5) is 0 Å². The third-order valence-electron chi connectivity index (χ3n) is 4.15. The number of carbonyl (C=O) groups is 2. The van der Waals surface area contributed by atoms with Gasteiger partial charge in [0.1, 0.15) is 5.75 Å². The van der Waals surface area contributed by atoms with Crippen LogP contribution in [0, 0.1) is 0 Å². The monoisotopic (exact) mass is 339 g/mol. The number of hydrogen-bond acceptors (Lipinski definition) is 4. The summed E-state index contributed by atoms with van der Waals surface area (Å²) in [5.74, 6) is 0.102. The molecule has 0 spiro atoms. The molecular weight excluding hydrogens is 318 g/mol. The zero-order valence-electron chi connectivity index (χ0n) is 14.6. The largest absolute Gasteiger partial charge is 0.491 e. The van der Waals surface area contributed by atoms with Gasteiger partial charge < -0.3 is 14.4 Å². The molecule has 1 heterocycles. The van der Waals surface area contributed by atoms with Crippen LogP contribution in [0.1, 0.15) is 41.4 Å². The Balaban J connectivity index is 1.91.